The number of nitrogens with one attached hydrogen (secondary N) is 1. The van der Waals surface area contributed by atoms with Crippen LogP contribution in [-0.2, 0) is 4.74 Å². The highest BCUT2D eigenvalue weighted by Crippen LogP contribution is 2.13. The molecule has 1 aliphatic rings. The minimum absolute atomic E-state index is 0.436. The van der Waals surface area contributed by atoms with E-state index in [2.05, 4.69) is 30.8 Å². The standard InChI is InChI=1S/C13H26N2O/c1-4-14-9-12(2)10-15(3)11-13-7-5-6-8-16-13/h13-14H,2,4-11H2,1,3H3. The van der Waals surface area contributed by atoms with Gasteiger partial charge in [-0.2, -0.15) is 0 Å². The van der Waals surface area contributed by atoms with Gasteiger partial charge in [-0.15, -0.1) is 0 Å². The summed E-state index contributed by atoms with van der Waals surface area (Å²) in [6, 6.07) is 0. The molecule has 3 nitrogen and oxygen atoms in total. The molecule has 1 saturated heterocycles. The minimum Gasteiger partial charge on any atom is -0.377 e. The Morgan fingerprint density at radius 1 is 1.50 bits per heavy atom. The first-order valence-electron chi connectivity index (χ1n) is 6.40. The van der Waals surface area contributed by atoms with E-state index in [4.69, 9.17) is 4.74 Å². The van der Waals surface area contributed by atoms with Crippen molar-refractivity contribution in [2.24, 2.45) is 0 Å². The van der Waals surface area contributed by atoms with Gasteiger partial charge in [0.05, 0.1) is 6.10 Å². The molecule has 1 N–H and O–H groups in total. The van der Waals surface area contributed by atoms with E-state index in [1.54, 1.807) is 0 Å². The summed E-state index contributed by atoms with van der Waals surface area (Å²) in [6.45, 7) is 11.1. The van der Waals surface area contributed by atoms with Crippen molar-refractivity contribution in [3.8, 4) is 0 Å². The Labute approximate surface area is 99.8 Å². The number of hydrogen-bond acceptors (Lipinski definition) is 3. The number of ether oxygens (including phenoxy) is 1. The molecule has 0 spiro atoms. The van der Waals surface area contributed by atoms with Gasteiger partial charge in [0.1, 0.15) is 0 Å². The molecule has 1 atom stereocenters. The fraction of sp³-hybridized carbons (Fsp3) is 0.846. The summed E-state index contributed by atoms with van der Waals surface area (Å²) in [7, 11) is 2.15. The van der Waals surface area contributed by atoms with Crippen molar-refractivity contribution in [2.45, 2.75) is 32.3 Å². The summed E-state index contributed by atoms with van der Waals surface area (Å²) < 4.78 is 5.72. The van der Waals surface area contributed by atoms with Gasteiger partial charge in [0.25, 0.3) is 0 Å². The van der Waals surface area contributed by atoms with Gasteiger partial charge in [-0.05, 0) is 38.4 Å². The number of likely N-dealkylation sites (N-methyl/N-ethyl adjacent to an activating group) is 2. The maximum Gasteiger partial charge on any atom is 0.0702 e. The molecule has 94 valence electrons. The van der Waals surface area contributed by atoms with Gasteiger partial charge in [0, 0.05) is 26.2 Å². The first-order chi connectivity index (χ1) is 7.72. The molecule has 1 aliphatic heterocycles. The van der Waals surface area contributed by atoms with Gasteiger partial charge < -0.3 is 10.1 Å². The van der Waals surface area contributed by atoms with Crippen molar-refractivity contribution >= 4 is 0 Å². The van der Waals surface area contributed by atoms with Crippen molar-refractivity contribution in [1.82, 2.24) is 10.2 Å². The molecule has 16 heavy (non-hydrogen) atoms. The van der Waals surface area contributed by atoms with Crippen molar-refractivity contribution in [3.05, 3.63) is 12.2 Å². The van der Waals surface area contributed by atoms with Gasteiger partial charge >= 0.3 is 0 Å². The summed E-state index contributed by atoms with van der Waals surface area (Å²) in [5.74, 6) is 0. The van der Waals surface area contributed by atoms with E-state index < -0.39 is 0 Å². The molecule has 3 heteroatoms. The van der Waals surface area contributed by atoms with Crippen LogP contribution in [-0.4, -0.2) is 50.8 Å². The highest BCUT2D eigenvalue weighted by molar-refractivity contribution is 4.99. The fourth-order valence-electron chi connectivity index (χ4n) is 2.10. The van der Waals surface area contributed by atoms with E-state index in [9.17, 15) is 0 Å². The fourth-order valence-corrected chi connectivity index (χ4v) is 2.10. The van der Waals surface area contributed by atoms with Crippen LogP contribution in [0, 0.1) is 0 Å². The van der Waals surface area contributed by atoms with E-state index in [0.717, 1.165) is 32.8 Å². The summed E-state index contributed by atoms with van der Waals surface area (Å²) in [4.78, 5) is 2.32. The largest absolute Gasteiger partial charge is 0.377 e. The van der Waals surface area contributed by atoms with Crippen LogP contribution in [0.4, 0.5) is 0 Å². The van der Waals surface area contributed by atoms with Crippen molar-refractivity contribution in [2.75, 3.05) is 39.8 Å². The lowest BCUT2D eigenvalue weighted by Gasteiger charge is -2.27. The van der Waals surface area contributed by atoms with Crippen LogP contribution < -0.4 is 5.32 Å². The monoisotopic (exact) mass is 226 g/mol. The zero-order chi connectivity index (χ0) is 11.8. The topological polar surface area (TPSA) is 24.5 Å². The summed E-state index contributed by atoms with van der Waals surface area (Å²) >= 11 is 0. The Hall–Kier alpha value is -0.380. The van der Waals surface area contributed by atoms with Crippen LogP contribution in [0.25, 0.3) is 0 Å². The second-order valence-electron chi connectivity index (χ2n) is 4.72. The summed E-state index contributed by atoms with van der Waals surface area (Å²) in [5.41, 5.74) is 1.25. The molecule has 0 radical (unpaired) electrons. The van der Waals surface area contributed by atoms with Crippen molar-refractivity contribution in [3.63, 3.8) is 0 Å². The zero-order valence-corrected chi connectivity index (χ0v) is 10.8. The van der Waals surface area contributed by atoms with Gasteiger partial charge in [-0.25, -0.2) is 0 Å². The maximum absolute atomic E-state index is 5.72. The zero-order valence-electron chi connectivity index (χ0n) is 10.8. The molecule has 1 fully saturated rings. The highest BCUT2D eigenvalue weighted by atomic mass is 16.5. The molecule has 0 bridgehead atoms. The summed E-state index contributed by atoms with van der Waals surface area (Å²) in [6.07, 6.45) is 4.19. The van der Waals surface area contributed by atoms with Crippen LogP contribution in [0.15, 0.2) is 12.2 Å². The highest BCUT2D eigenvalue weighted by Gasteiger charge is 2.15. The van der Waals surface area contributed by atoms with Gasteiger partial charge in [0.15, 0.2) is 0 Å². The van der Waals surface area contributed by atoms with E-state index in [1.165, 1.54) is 24.8 Å². The normalized spacial score (nSPS) is 21.3. The molecule has 0 aromatic rings. The lowest BCUT2D eigenvalue weighted by molar-refractivity contribution is -0.000168. The van der Waals surface area contributed by atoms with E-state index in [1.807, 2.05) is 0 Å². The maximum atomic E-state index is 5.72. The third-order valence-electron chi connectivity index (χ3n) is 2.91. The number of rotatable bonds is 7. The quantitative estimate of drug-likeness (QED) is 0.668. The first-order valence-corrected chi connectivity index (χ1v) is 6.40. The second kappa shape index (κ2) is 7.82. The lowest BCUT2D eigenvalue weighted by Crippen LogP contribution is -2.35. The van der Waals surface area contributed by atoms with Crippen LogP contribution in [0.2, 0.25) is 0 Å². The average Bonchev–Trinajstić information content (AvgIpc) is 2.27. The molecule has 0 aliphatic carbocycles. The SMILES string of the molecule is C=C(CNCC)CN(C)CC1CCCCO1. The van der Waals surface area contributed by atoms with Gasteiger partial charge in [-0.3, -0.25) is 4.90 Å². The van der Waals surface area contributed by atoms with Crippen LogP contribution in [0.5, 0.6) is 0 Å². The lowest BCUT2D eigenvalue weighted by atomic mass is 10.1. The predicted octanol–water partition coefficient (Wildman–Crippen LogP) is 1.65. The van der Waals surface area contributed by atoms with Gasteiger partial charge in [0.2, 0.25) is 0 Å². The van der Waals surface area contributed by atoms with Crippen LogP contribution in [0.3, 0.4) is 0 Å². The van der Waals surface area contributed by atoms with Crippen molar-refractivity contribution < 1.29 is 4.74 Å². The molecule has 1 heterocycles. The Morgan fingerprint density at radius 2 is 2.31 bits per heavy atom. The smallest absolute Gasteiger partial charge is 0.0702 e. The Bertz CT molecular complexity index is 200. The van der Waals surface area contributed by atoms with Crippen molar-refractivity contribution in [1.29, 1.82) is 0 Å². The minimum atomic E-state index is 0.436. The van der Waals surface area contributed by atoms with Crippen LogP contribution in [0.1, 0.15) is 26.2 Å². The Kier molecular flexibility index (Phi) is 6.69. The molecule has 1 unspecified atom stereocenters. The molecule has 0 amide bonds. The van der Waals surface area contributed by atoms with Gasteiger partial charge in [-0.1, -0.05) is 13.5 Å². The predicted molar refractivity (Wildman–Crippen MR) is 68.8 cm³/mol. The summed E-state index contributed by atoms with van der Waals surface area (Å²) in [5, 5.41) is 3.30. The third-order valence-corrected chi connectivity index (χ3v) is 2.91. The molecular weight excluding hydrogens is 200 g/mol. The van der Waals surface area contributed by atoms with Crippen LogP contribution >= 0.6 is 0 Å². The third kappa shape index (κ3) is 5.64. The molecule has 0 aromatic carbocycles. The Morgan fingerprint density at radius 3 is 2.94 bits per heavy atom. The number of hydrogen-bond donors (Lipinski definition) is 1. The Balaban J connectivity index is 2.13. The average molecular weight is 226 g/mol. The molecular formula is C13H26N2O. The molecule has 1 rings (SSSR count). The second-order valence-corrected chi connectivity index (χ2v) is 4.72. The molecule has 0 saturated carbocycles. The van der Waals surface area contributed by atoms with E-state index in [-0.39, 0.29) is 0 Å². The first kappa shape index (κ1) is 13.7. The molecule has 0 aromatic heterocycles. The van der Waals surface area contributed by atoms with E-state index in [0.29, 0.717) is 6.10 Å². The van der Waals surface area contributed by atoms with E-state index >= 15 is 0 Å². The number of nitrogens with zero attached hydrogens (tertiary/aromatic N) is 1.